The molecule has 4 aliphatic carbocycles. The summed E-state index contributed by atoms with van der Waals surface area (Å²) in [6, 6.07) is 13.9. The fourth-order valence-electron chi connectivity index (χ4n) is 7.01. The van der Waals surface area contributed by atoms with Gasteiger partial charge in [0.2, 0.25) is 11.8 Å². The molecule has 3 aromatic rings. The van der Waals surface area contributed by atoms with Gasteiger partial charge in [-0.05, 0) is 74.5 Å². The van der Waals surface area contributed by atoms with Crippen LogP contribution < -0.4 is 11.0 Å². The molecule has 0 saturated heterocycles. The van der Waals surface area contributed by atoms with E-state index in [0.717, 1.165) is 19.3 Å². The number of rotatable bonds is 4. The molecule has 0 aliphatic heterocycles. The SMILES string of the molecule is O=C(NN=Cc1c(O)n(-c2ccccc2Cl)c(=O)c2ccccc12)C12CC3CC(CC(C3)C1)C2. The van der Waals surface area contributed by atoms with Gasteiger partial charge in [0.15, 0.2) is 0 Å². The van der Waals surface area contributed by atoms with Crippen LogP contribution in [0.2, 0.25) is 5.02 Å². The molecule has 34 heavy (non-hydrogen) atoms. The van der Waals surface area contributed by atoms with Crippen LogP contribution in [0.15, 0.2) is 58.4 Å². The van der Waals surface area contributed by atoms with Gasteiger partial charge < -0.3 is 5.11 Å². The fraction of sp³-hybridized carbons (Fsp3) is 0.370. The fourth-order valence-corrected chi connectivity index (χ4v) is 7.23. The molecule has 1 heterocycles. The standard InChI is InChI=1S/C27H26ClN3O3/c28-22-7-3-4-8-23(22)31-24(32)20-6-2-1-5-19(20)21(25(31)33)15-29-30-26(34)27-12-16-9-17(13-27)11-18(10-16)14-27/h1-8,15-18,33H,9-14H2,(H,30,34). The van der Waals surface area contributed by atoms with Crippen LogP contribution in [0.3, 0.4) is 0 Å². The van der Waals surface area contributed by atoms with Crippen LogP contribution in [0, 0.1) is 23.2 Å². The van der Waals surface area contributed by atoms with Gasteiger partial charge in [-0.3, -0.25) is 9.59 Å². The van der Waals surface area contributed by atoms with Crippen LogP contribution in [0.4, 0.5) is 0 Å². The number of benzene rings is 2. The first kappa shape index (κ1) is 21.4. The number of nitrogens with one attached hydrogen (secondary N) is 1. The number of halogens is 1. The summed E-state index contributed by atoms with van der Waals surface area (Å²) in [7, 11) is 0. The molecule has 0 unspecified atom stereocenters. The van der Waals surface area contributed by atoms with Gasteiger partial charge in [0.25, 0.3) is 5.56 Å². The van der Waals surface area contributed by atoms with Gasteiger partial charge in [-0.25, -0.2) is 9.99 Å². The lowest BCUT2D eigenvalue weighted by Gasteiger charge is -2.55. The number of hydrogen-bond donors (Lipinski definition) is 2. The normalized spacial score (nSPS) is 27.5. The lowest BCUT2D eigenvalue weighted by Crippen LogP contribution is -2.52. The maximum Gasteiger partial charge on any atom is 0.265 e. The molecular formula is C27H26ClN3O3. The van der Waals surface area contributed by atoms with Crippen molar-refractivity contribution in [2.75, 3.05) is 0 Å². The highest BCUT2D eigenvalue weighted by atomic mass is 35.5. The minimum Gasteiger partial charge on any atom is -0.494 e. The van der Waals surface area contributed by atoms with E-state index in [2.05, 4.69) is 10.5 Å². The maximum atomic E-state index is 13.3. The predicted molar refractivity (Wildman–Crippen MR) is 133 cm³/mol. The van der Waals surface area contributed by atoms with E-state index >= 15 is 0 Å². The summed E-state index contributed by atoms with van der Waals surface area (Å²) < 4.78 is 1.19. The zero-order chi connectivity index (χ0) is 23.4. The Bertz CT molecular complexity index is 1360. The molecule has 7 rings (SSSR count). The van der Waals surface area contributed by atoms with Gasteiger partial charge >= 0.3 is 0 Å². The first-order chi connectivity index (χ1) is 16.4. The van der Waals surface area contributed by atoms with Gasteiger partial charge in [-0.2, -0.15) is 5.10 Å². The van der Waals surface area contributed by atoms with Crippen LogP contribution in [-0.4, -0.2) is 21.8 Å². The zero-order valence-corrected chi connectivity index (χ0v) is 19.5. The number of hydrazone groups is 1. The molecule has 1 aromatic heterocycles. The van der Waals surface area contributed by atoms with E-state index in [1.807, 2.05) is 0 Å². The Morgan fingerprint density at radius 1 is 1.00 bits per heavy atom. The molecule has 6 nitrogen and oxygen atoms in total. The van der Waals surface area contributed by atoms with Crippen molar-refractivity contribution in [3.05, 3.63) is 69.5 Å². The van der Waals surface area contributed by atoms with Crippen LogP contribution >= 0.6 is 11.6 Å². The third-order valence-corrected chi connectivity index (χ3v) is 8.40. The number of aromatic nitrogens is 1. The monoisotopic (exact) mass is 475 g/mol. The number of para-hydroxylation sites is 1. The van der Waals surface area contributed by atoms with E-state index in [0.29, 0.717) is 44.8 Å². The minimum absolute atomic E-state index is 0.0222. The number of nitrogens with zero attached hydrogens (tertiary/aromatic N) is 2. The Morgan fingerprint density at radius 3 is 2.24 bits per heavy atom. The quantitative estimate of drug-likeness (QED) is 0.410. The van der Waals surface area contributed by atoms with E-state index in [9.17, 15) is 14.7 Å². The third-order valence-electron chi connectivity index (χ3n) is 8.08. The van der Waals surface area contributed by atoms with Crippen LogP contribution in [0.25, 0.3) is 16.5 Å². The summed E-state index contributed by atoms with van der Waals surface area (Å²) in [5, 5.41) is 16.7. The van der Waals surface area contributed by atoms with E-state index < -0.39 is 0 Å². The van der Waals surface area contributed by atoms with Crippen molar-refractivity contribution in [2.45, 2.75) is 38.5 Å². The molecule has 4 bridgehead atoms. The predicted octanol–water partition coefficient (Wildman–Crippen LogP) is 5.02. The smallest absolute Gasteiger partial charge is 0.265 e. The van der Waals surface area contributed by atoms with Gasteiger partial charge in [-0.15, -0.1) is 0 Å². The van der Waals surface area contributed by atoms with E-state index in [4.69, 9.17) is 11.6 Å². The molecular weight excluding hydrogens is 450 g/mol. The number of carbonyl (C=O) groups is 1. The van der Waals surface area contributed by atoms with E-state index in [-0.39, 0.29) is 22.8 Å². The second-order valence-corrected chi connectivity index (χ2v) is 10.7. The summed E-state index contributed by atoms with van der Waals surface area (Å²) in [5.41, 5.74) is 2.81. The molecule has 0 radical (unpaired) electrons. The van der Waals surface area contributed by atoms with Gasteiger partial charge in [0, 0.05) is 10.8 Å². The number of fused-ring (bicyclic) bond motifs is 1. The Hall–Kier alpha value is -3.12. The zero-order valence-electron chi connectivity index (χ0n) is 18.7. The van der Waals surface area contributed by atoms with Crippen molar-refractivity contribution < 1.29 is 9.90 Å². The largest absolute Gasteiger partial charge is 0.494 e. The van der Waals surface area contributed by atoms with Crippen molar-refractivity contribution in [1.29, 1.82) is 0 Å². The second kappa shape index (κ2) is 7.98. The summed E-state index contributed by atoms with van der Waals surface area (Å²) in [6.07, 6.45) is 8.07. The molecule has 1 amide bonds. The maximum absolute atomic E-state index is 13.3. The third kappa shape index (κ3) is 3.35. The average molecular weight is 476 g/mol. The first-order valence-electron chi connectivity index (χ1n) is 11.9. The van der Waals surface area contributed by atoms with Gasteiger partial charge in [0.1, 0.15) is 0 Å². The molecule has 0 atom stereocenters. The second-order valence-electron chi connectivity index (χ2n) is 10.3. The van der Waals surface area contributed by atoms with Crippen LogP contribution in [0.1, 0.15) is 44.1 Å². The first-order valence-corrected chi connectivity index (χ1v) is 12.3. The lowest BCUT2D eigenvalue weighted by atomic mass is 9.49. The topological polar surface area (TPSA) is 83.7 Å². The Morgan fingerprint density at radius 2 is 1.59 bits per heavy atom. The Balaban J connectivity index is 1.37. The molecule has 2 N–H and O–H groups in total. The summed E-state index contributed by atoms with van der Waals surface area (Å²) in [5.74, 6) is 1.69. The van der Waals surface area contributed by atoms with Crippen molar-refractivity contribution in [1.82, 2.24) is 9.99 Å². The highest BCUT2D eigenvalue weighted by Gasteiger charge is 2.54. The average Bonchev–Trinajstić information content (AvgIpc) is 2.81. The molecule has 4 fully saturated rings. The molecule has 4 aliphatic rings. The van der Waals surface area contributed by atoms with E-state index in [1.54, 1.807) is 48.5 Å². The van der Waals surface area contributed by atoms with Crippen molar-refractivity contribution in [2.24, 2.45) is 28.3 Å². The number of carbonyl (C=O) groups excluding carboxylic acids is 1. The van der Waals surface area contributed by atoms with Gasteiger partial charge in [0.05, 0.1) is 27.9 Å². The molecule has 2 aromatic carbocycles. The Kier molecular flexibility index (Phi) is 5.03. The number of pyridine rings is 1. The van der Waals surface area contributed by atoms with Crippen LogP contribution in [0.5, 0.6) is 5.88 Å². The van der Waals surface area contributed by atoms with Gasteiger partial charge in [-0.1, -0.05) is 41.9 Å². The number of aromatic hydroxyl groups is 1. The lowest BCUT2D eigenvalue weighted by molar-refractivity contribution is -0.146. The highest BCUT2D eigenvalue weighted by molar-refractivity contribution is 6.32. The number of amides is 1. The Labute approximate surface area is 202 Å². The van der Waals surface area contributed by atoms with Crippen molar-refractivity contribution >= 4 is 34.5 Å². The number of hydrogen-bond acceptors (Lipinski definition) is 4. The van der Waals surface area contributed by atoms with Crippen LogP contribution in [-0.2, 0) is 4.79 Å². The highest BCUT2D eigenvalue weighted by Crippen LogP contribution is 2.60. The van der Waals surface area contributed by atoms with E-state index in [1.165, 1.54) is 30.0 Å². The molecule has 174 valence electrons. The van der Waals surface area contributed by atoms with Crippen molar-refractivity contribution in [3.8, 4) is 11.6 Å². The summed E-state index contributed by atoms with van der Waals surface area (Å²) in [6.45, 7) is 0. The molecule has 4 saturated carbocycles. The van der Waals surface area contributed by atoms with Crippen molar-refractivity contribution in [3.63, 3.8) is 0 Å². The summed E-state index contributed by atoms with van der Waals surface area (Å²) >= 11 is 6.34. The molecule has 7 heteroatoms. The molecule has 0 spiro atoms. The minimum atomic E-state index is -0.379. The summed E-state index contributed by atoms with van der Waals surface area (Å²) in [4.78, 5) is 26.5.